The van der Waals surface area contributed by atoms with Crippen LogP contribution in [-0.4, -0.2) is 18.8 Å². The van der Waals surface area contributed by atoms with Gasteiger partial charge in [0.2, 0.25) is 0 Å². The van der Waals surface area contributed by atoms with Crippen molar-refractivity contribution in [3.63, 3.8) is 0 Å². The third kappa shape index (κ3) is 2.25. The second-order valence-electron chi connectivity index (χ2n) is 2.27. The third-order valence-corrected chi connectivity index (χ3v) is 2.65. The van der Waals surface area contributed by atoms with E-state index in [2.05, 4.69) is 17.4 Å². The maximum atomic E-state index is 11.0. The van der Waals surface area contributed by atoms with E-state index in [1.54, 1.807) is 11.3 Å². The van der Waals surface area contributed by atoms with Crippen molar-refractivity contribution in [2.24, 2.45) is 0 Å². The number of carbonyl (C=O) groups is 1. The van der Waals surface area contributed by atoms with Crippen LogP contribution >= 0.6 is 24.0 Å². The first kappa shape index (κ1) is 9.61. The van der Waals surface area contributed by atoms with Crippen LogP contribution < -0.4 is 0 Å². The van der Waals surface area contributed by atoms with Crippen LogP contribution in [0.25, 0.3) is 0 Å². The summed E-state index contributed by atoms with van der Waals surface area (Å²) in [6, 6.07) is 1.85. The molecule has 1 aromatic heterocycles. The molecule has 4 heteroatoms. The molecule has 0 N–H and O–H groups in total. The van der Waals surface area contributed by atoms with Crippen molar-refractivity contribution in [2.75, 3.05) is 12.9 Å². The summed E-state index contributed by atoms with van der Waals surface area (Å²) in [4.78, 5) is 12.2. The van der Waals surface area contributed by atoms with Crippen molar-refractivity contribution in [2.45, 2.75) is 6.42 Å². The Bertz CT molecular complexity index is 268. The zero-order valence-electron chi connectivity index (χ0n) is 6.74. The number of hydrogen-bond donors (Lipinski definition) is 1. The molecule has 0 saturated heterocycles. The van der Waals surface area contributed by atoms with Gasteiger partial charge >= 0.3 is 5.97 Å². The fraction of sp³-hybridized carbons (Fsp3) is 0.375. The van der Waals surface area contributed by atoms with Gasteiger partial charge in [-0.3, -0.25) is 0 Å². The van der Waals surface area contributed by atoms with E-state index in [0.717, 1.165) is 12.2 Å². The van der Waals surface area contributed by atoms with E-state index in [1.807, 2.05) is 11.4 Å². The van der Waals surface area contributed by atoms with E-state index < -0.39 is 0 Å². The first-order valence-electron chi connectivity index (χ1n) is 3.54. The van der Waals surface area contributed by atoms with Crippen LogP contribution in [0.3, 0.4) is 0 Å². The topological polar surface area (TPSA) is 26.3 Å². The molecule has 2 nitrogen and oxygen atoms in total. The minimum absolute atomic E-state index is 0.267. The molecule has 0 aliphatic rings. The summed E-state index contributed by atoms with van der Waals surface area (Å²) in [5.41, 5.74) is 0.638. The Kier molecular flexibility index (Phi) is 3.62. The molecule has 0 saturated carbocycles. The molecule has 1 aromatic rings. The van der Waals surface area contributed by atoms with Gasteiger partial charge in [0.25, 0.3) is 0 Å². The molecule has 0 unspecified atom stereocenters. The summed E-state index contributed by atoms with van der Waals surface area (Å²) in [5, 5.41) is 1.81. The SMILES string of the molecule is COC(=O)c1csc(CCS)c1. The van der Waals surface area contributed by atoms with Gasteiger partial charge in [-0.15, -0.1) is 11.3 Å². The molecule has 0 aromatic carbocycles. The van der Waals surface area contributed by atoms with E-state index in [-0.39, 0.29) is 5.97 Å². The van der Waals surface area contributed by atoms with Crippen molar-refractivity contribution in [3.8, 4) is 0 Å². The molecule has 0 atom stereocenters. The van der Waals surface area contributed by atoms with Crippen LogP contribution in [0.1, 0.15) is 15.2 Å². The van der Waals surface area contributed by atoms with Crippen LogP contribution in [0.2, 0.25) is 0 Å². The summed E-state index contributed by atoms with van der Waals surface area (Å²) in [7, 11) is 1.39. The Hall–Kier alpha value is -0.480. The zero-order valence-corrected chi connectivity index (χ0v) is 8.45. The smallest absolute Gasteiger partial charge is 0.338 e. The number of aryl methyl sites for hydroxylation is 1. The van der Waals surface area contributed by atoms with E-state index in [9.17, 15) is 4.79 Å². The quantitative estimate of drug-likeness (QED) is 0.599. The van der Waals surface area contributed by atoms with Crippen LogP contribution in [0.4, 0.5) is 0 Å². The van der Waals surface area contributed by atoms with Crippen LogP contribution in [-0.2, 0) is 11.2 Å². The Morgan fingerprint density at radius 3 is 3.08 bits per heavy atom. The highest BCUT2D eigenvalue weighted by Crippen LogP contribution is 2.16. The summed E-state index contributed by atoms with van der Waals surface area (Å²) in [6.07, 6.45) is 0.908. The van der Waals surface area contributed by atoms with Gasteiger partial charge in [-0.1, -0.05) is 0 Å². The van der Waals surface area contributed by atoms with Crippen molar-refractivity contribution >= 4 is 29.9 Å². The molecule has 0 radical (unpaired) electrons. The number of thiol groups is 1. The highest BCUT2D eigenvalue weighted by molar-refractivity contribution is 7.80. The van der Waals surface area contributed by atoms with E-state index in [4.69, 9.17) is 0 Å². The van der Waals surface area contributed by atoms with Crippen LogP contribution in [0.15, 0.2) is 11.4 Å². The molecular weight excluding hydrogens is 192 g/mol. The van der Waals surface area contributed by atoms with Crippen molar-refractivity contribution in [3.05, 3.63) is 21.9 Å². The second-order valence-corrected chi connectivity index (χ2v) is 3.71. The number of rotatable bonds is 3. The maximum absolute atomic E-state index is 11.0. The minimum atomic E-state index is -0.267. The molecule has 0 spiro atoms. The lowest BCUT2D eigenvalue weighted by molar-refractivity contribution is 0.0601. The summed E-state index contributed by atoms with van der Waals surface area (Å²) in [5.74, 6) is 0.540. The molecule has 0 aliphatic carbocycles. The summed E-state index contributed by atoms with van der Waals surface area (Å²) < 4.78 is 4.58. The fourth-order valence-corrected chi connectivity index (χ4v) is 2.10. The number of methoxy groups -OCH3 is 1. The van der Waals surface area contributed by atoms with E-state index in [1.165, 1.54) is 12.0 Å². The summed E-state index contributed by atoms with van der Waals surface area (Å²) >= 11 is 5.67. The molecule has 1 heterocycles. The van der Waals surface area contributed by atoms with E-state index >= 15 is 0 Å². The van der Waals surface area contributed by atoms with Gasteiger partial charge in [0.05, 0.1) is 12.7 Å². The molecular formula is C8H10O2S2. The molecule has 0 aliphatic heterocycles. The molecule has 12 heavy (non-hydrogen) atoms. The predicted molar refractivity (Wildman–Crippen MR) is 53.2 cm³/mol. The summed E-state index contributed by atoms with van der Waals surface area (Å²) in [6.45, 7) is 0. The average molecular weight is 202 g/mol. The molecule has 0 fully saturated rings. The zero-order chi connectivity index (χ0) is 8.97. The normalized spacial score (nSPS) is 9.83. The minimum Gasteiger partial charge on any atom is -0.465 e. The number of hydrogen-bond acceptors (Lipinski definition) is 4. The number of carbonyl (C=O) groups excluding carboxylic acids is 1. The standard InChI is InChI=1S/C8H10O2S2/c1-10-8(9)6-4-7(2-3-11)12-5-6/h4-5,11H,2-3H2,1H3. The van der Waals surface area contributed by atoms with Gasteiger partial charge in [-0.05, 0) is 18.2 Å². The number of esters is 1. The Labute approximate surface area is 81.0 Å². The van der Waals surface area contributed by atoms with Crippen LogP contribution in [0, 0.1) is 0 Å². The highest BCUT2D eigenvalue weighted by atomic mass is 32.1. The Morgan fingerprint density at radius 1 is 1.75 bits per heavy atom. The number of ether oxygens (including phenoxy) is 1. The van der Waals surface area contributed by atoms with Crippen molar-refractivity contribution in [1.82, 2.24) is 0 Å². The monoisotopic (exact) mass is 202 g/mol. The first-order chi connectivity index (χ1) is 5.77. The van der Waals surface area contributed by atoms with Crippen LogP contribution in [0.5, 0.6) is 0 Å². The fourth-order valence-electron chi connectivity index (χ4n) is 0.847. The molecule has 1 rings (SSSR count). The maximum Gasteiger partial charge on any atom is 0.338 e. The highest BCUT2D eigenvalue weighted by Gasteiger charge is 2.07. The van der Waals surface area contributed by atoms with Gasteiger partial charge < -0.3 is 4.74 Å². The Balaban J connectivity index is 2.70. The average Bonchev–Trinajstić information content (AvgIpc) is 2.52. The largest absolute Gasteiger partial charge is 0.465 e. The molecule has 66 valence electrons. The van der Waals surface area contributed by atoms with Crippen molar-refractivity contribution < 1.29 is 9.53 Å². The lowest BCUT2D eigenvalue weighted by Crippen LogP contribution is -1.98. The van der Waals surface area contributed by atoms with Gasteiger partial charge in [-0.25, -0.2) is 4.79 Å². The van der Waals surface area contributed by atoms with Gasteiger partial charge in [-0.2, -0.15) is 12.6 Å². The van der Waals surface area contributed by atoms with Gasteiger partial charge in [0, 0.05) is 10.3 Å². The van der Waals surface area contributed by atoms with Crippen molar-refractivity contribution in [1.29, 1.82) is 0 Å². The lowest BCUT2D eigenvalue weighted by Gasteiger charge is -1.92. The first-order valence-corrected chi connectivity index (χ1v) is 5.05. The van der Waals surface area contributed by atoms with Gasteiger partial charge in [0.15, 0.2) is 0 Å². The molecule has 0 bridgehead atoms. The predicted octanol–water partition coefficient (Wildman–Crippen LogP) is 2.01. The third-order valence-electron chi connectivity index (χ3n) is 1.43. The molecule has 0 amide bonds. The Morgan fingerprint density at radius 2 is 2.50 bits per heavy atom. The number of thiophene rings is 1. The van der Waals surface area contributed by atoms with E-state index in [0.29, 0.717) is 5.56 Å². The lowest BCUT2D eigenvalue weighted by atomic mass is 10.3. The second kappa shape index (κ2) is 4.52. The van der Waals surface area contributed by atoms with Gasteiger partial charge in [0.1, 0.15) is 0 Å².